The lowest BCUT2D eigenvalue weighted by Gasteiger charge is -2.31. The van der Waals surface area contributed by atoms with Crippen molar-refractivity contribution in [2.75, 3.05) is 39.2 Å². The zero-order valence-corrected chi connectivity index (χ0v) is 19.2. The van der Waals surface area contributed by atoms with E-state index in [2.05, 4.69) is 0 Å². The summed E-state index contributed by atoms with van der Waals surface area (Å²) in [6, 6.07) is 11.5. The van der Waals surface area contributed by atoms with Crippen LogP contribution in [0.25, 0.3) is 0 Å². The minimum absolute atomic E-state index is 0.0416. The lowest BCUT2D eigenvalue weighted by atomic mass is 9.76. The summed E-state index contributed by atoms with van der Waals surface area (Å²) >= 11 is 0. The zero-order chi connectivity index (χ0) is 23.6. The lowest BCUT2D eigenvalue weighted by molar-refractivity contribution is -0.138. The van der Waals surface area contributed by atoms with Crippen LogP contribution >= 0.6 is 0 Å². The van der Waals surface area contributed by atoms with Gasteiger partial charge in [-0.15, -0.1) is 0 Å². The van der Waals surface area contributed by atoms with Crippen molar-refractivity contribution < 1.29 is 22.7 Å². The molecule has 4 nitrogen and oxygen atoms in total. The molecule has 0 N–H and O–H groups in total. The summed E-state index contributed by atoms with van der Waals surface area (Å²) in [5.74, 6) is -0.321. The van der Waals surface area contributed by atoms with E-state index in [1.54, 1.807) is 30.2 Å². The van der Waals surface area contributed by atoms with E-state index in [1.807, 2.05) is 45.0 Å². The van der Waals surface area contributed by atoms with E-state index < -0.39 is 17.7 Å². The number of carbonyl (C=O) groups excluding carboxylic acids is 1. The molecule has 2 aromatic rings. The Bertz CT molecular complexity index is 939. The van der Waals surface area contributed by atoms with Crippen molar-refractivity contribution in [2.45, 2.75) is 32.4 Å². The van der Waals surface area contributed by atoms with Gasteiger partial charge < -0.3 is 14.5 Å². The molecule has 0 saturated heterocycles. The molecule has 0 saturated carbocycles. The van der Waals surface area contributed by atoms with Crippen LogP contribution in [-0.2, 0) is 17.4 Å². The van der Waals surface area contributed by atoms with E-state index >= 15 is 0 Å². The number of hydrogen-bond acceptors (Lipinski definition) is 3. The molecule has 174 valence electrons. The first kappa shape index (κ1) is 24.1. The zero-order valence-electron chi connectivity index (χ0n) is 19.2. The molecular weight excluding hydrogens is 417 g/mol. The number of rotatable bonds is 6. The van der Waals surface area contributed by atoms with E-state index in [-0.39, 0.29) is 29.7 Å². The Morgan fingerprint density at radius 1 is 1.12 bits per heavy atom. The molecule has 1 aliphatic heterocycles. The number of alkyl halides is 3. The van der Waals surface area contributed by atoms with Gasteiger partial charge in [-0.25, -0.2) is 0 Å². The second-order valence-electron chi connectivity index (χ2n) is 8.95. The number of fused-ring (bicyclic) bond motifs is 1. The topological polar surface area (TPSA) is 32.8 Å². The molecule has 7 heteroatoms. The third kappa shape index (κ3) is 4.93. The number of amides is 1. The summed E-state index contributed by atoms with van der Waals surface area (Å²) in [6.07, 6.45) is -4.35. The molecular formula is C25H31F3N2O2. The number of anilines is 1. The SMILES string of the molecule is COc1ccc([C@H]2Cc3c(cccc3C(F)(F)F)N(CCN(C)C)C(=O)[C@H]2C(C)C)cc1. The van der Waals surface area contributed by atoms with Crippen LogP contribution in [0, 0.1) is 11.8 Å². The monoisotopic (exact) mass is 448 g/mol. The van der Waals surface area contributed by atoms with Crippen LogP contribution in [0.4, 0.5) is 18.9 Å². The molecule has 0 aromatic heterocycles. The molecule has 1 amide bonds. The first-order chi connectivity index (χ1) is 15.0. The number of carbonyl (C=O) groups is 1. The van der Waals surface area contributed by atoms with E-state index in [9.17, 15) is 18.0 Å². The van der Waals surface area contributed by atoms with Gasteiger partial charge in [0.05, 0.1) is 12.7 Å². The van der Waals surface area contributed by atoms with Gasteiger partial charge in [0, 0.05) is 24.7 Å². The number of benzene rings is 2. The van der Waals surface area contributed by atoms with Gasteiger partial charge in [-0.3, -0.25) is 4.79 Å². The highest BCUT2D eigenvalue weighted by atomic mass is 19.4. The van der Waals surface area contributed by atoms with Crippen molar-refractivity contribution in [1.29, 1.82) is 0 Å². The average molecular weight is 449 g/mol. The van der Waals surface area contributed by atoms with Gasteiger partial charge in [0.1, 0.15) is 5.75 Å². The third-order valence-electron chi connectivity index (χ3n) is 6.19. The van der Waals surface area contributed by atoms with E-state index in [0.717, 1.165) is 11.6 Å². The Balaban J connectivity index is 2.20. The molecule has 0 fully saturated rings. The Morgan fingerprint density at radius 3 is 2.31 bits per heavy atom. The van der Waals surface area contributed by atoms with E-state index in [1.165, 1.54) is 6.07 Å². The van der Waals surface area contributed by atoms with Crippen molar-refractivity contribution in [3.8, 4) is 5.75 Å². The van der Waals surface area contributed by atoms with Crippen LogP contribution in [0.15, 0.2) is 42.5 Å². The predicted octanol–water partition coefficient (Wildman–Crippen LogP) is 5.22. The van der Waals surface area contributed by atoms with Crippen molar-refractivity contribution in [3.63, 3.8) is 0 Å². The standard InChI is InChI=1S/C25H31F3N2O2/c1-16(2)23-19(17-9-11-18(32-5)12-10-17)15-20-21(25(26,27)28)7-6-8-22(20)30(24(23)31)14-13-29(3)4/h6-12,16,19,23H,13-15H2,1-5H3/t19-,23+/m1/s1. The Labute approximate surface area is 188 Å². The number of ether oxygens (including phenoxy) is 1. The van der Waals surface area contributed by atoms with Crippen molar-refractivity contribution in [1.82, 2.24) is 4.90 Å². The maximum Gasteiger partial charge on any atom is 0.416 e. The van der Waals surface area contributed by atoms with Gasteiger partial charge in [0.25, 0.3) is 0 Å². The second-order valence-corrected chi connectivity index (χ2v) is 8.95. The van der Waals surface area contributed by atoms with Crippen LogP contribution in [-0.4, -0.2) is 45.1 Å². The third-order valence-corrected chi connectivity index (χ3v) is 6.19. The fourth-order valence-corrected chi connectivity index (χ4v) is 4.58. The largest absolute Gasteiger partial charge is 0.497 e. The first-order valence-electron chi connectivity index (χ1n) is 10.8. The van der Waals surface area contributed by atoms with Crippen molar-refractivity contribution >= 4 is 11.6 Å². The van der Waals surface area contributed by atoms with E-state index in [4.69, 9.17) is 4.74 Å². The van der Waals surface area contributed by atoms with Gasteiger partial charge >= 0.3 is 6.18 Å². The summed E-state index contributed by atoms with van der Waals surface area (Å²) in [7, 11) is 5.33. The predicted molar refractivity (Wildman–Crippen MR) is 120 cm³/mol. The van der Waals surface area contributed by atoms with Gasteiger partial charge in [-0.05, 0) is 67.7 Å². The summed E-state index contributed by atoms with van der Waals surface area (Å²) in [5.41, 5.74) is 0.736. The summed E-state index contributed by atoms with van der Waals surface area (Å²) < 4.78 is 47.2. The lowest BCUT2D eigenvalue weighted by Crippen LogP contribution is -2.42. The van der Waals surface area contributed by atoms with Crippen LogP contribution in [0.2, 0.25) is 0 Å². The van der Waals surface area contributed by atoms with Crippen molar-refractivity contribution in [2.24, 2.45) is 11.8 Å². The molecule has 2 aromatic carbocycles. The highest BCUT2D eigenvalue weighted by Gasteiger charge is 2.43. The van der Waals surface area contributed by atoms with Crippen LogP contribution in [0.5, 0.6) is 5.75 Å². The maximum atomic E-state index is 14.0. The minimum Gasteiger partial charge on any atom is -0.497 e. The van der Waals surface area contributed by atoms with Gasteiger partial charge in [-0.2, -0.15) is 13.2 Å². The summed E-state index contributed by atoms with van der Waals surface area (Å²) in [6.45, 7) is 4.81. The molecule has 1 aliphatic rings. The Hall–Kier alpha value is -2.54. The molecule has 32 heavy (non-hydrogen) atoms. The first-order valence-corrected chi connectivity index (χ1v) is 10.8. The van der Waals surface area contributed by atoms with E-state index in [0.29, 0.717) is 24.5 Å². The van der Waals surface area contributed by atoms with Gasteiger partial charge in [0.15, 0.2) is 0 Å². The number of nitrogens with zero attached hydrogens (tertiary/aromatic N) is 2. The fraction of sp³-hybridized carbons (Fsp3) is 0.480. The van der Waals surface area contributed by atoms with Crippen LogP contribution in [0.3, 0.4) is 0 Å². The number of methoxy groups -OCH3 is 1. The van der Waals surface area contributed by atoms with Crippen LogP contribution < -0.4 is 9.64 Å². The summed E-state index contributed by atoms with van der Waals surface area (Å²) in [4.78, 5) is 17.3. The number of halogens is 3. The van der Waals surface area contributed by atoms with Gasteiger partial charge in [-0.1, -0.05) is 32.0 Å². The molecule has 0 bridgehead atoms. The molecule has 0 unspecified atom stereocenters. The van der Waals surface area contributed by atoms with Gasteiger partial charge in [0.2, 0.25) is 5.91 Å². The molecule has 0 radical (unpaired) electrons. The number of likely N-dealkylation sites (N-methyl/N-ethyl adjacent to an activating group) is 1. The normalized spacial score (nSPS) is 19.3. The minimum atomic E-state index is -4.50. The molecule has 1 heterocycles. The van der Waals surface area contributed by atoms with Crippen molar-refractivity contribution in [3.05, 3.63) is 59.2 Å². The maximum absolute atomic E-state index is 14.0. The molecule has 2 atom stereocenters. The smallest absolute Gasteiger partial charge is 0.416 e. The Kier molecular flexibility index (Phi) is 7.18. The molecule has 3 rings (SSSR count). The summed E-state index contributed by atoms with van der Waals surface area (Å²) in [5, 5.41) is 0. The highest BCUT2D eigenvalue weighted by Crippen LogP contribution is 2.45. The average Bonchev–Trinajstić information content (AvgIpc) is 2.85. The van der Waals surface area contributed by atoms with Crippen LogP contribution in [0.1, 0.15) is 36.5 Å². The highest BCUT2D eigenvalue weighted by molar-refractivity contribution is 5.97. The second kappa shape index (κ2) is 9.53. The number of hydrogen-bond donors (Lipinski definition) is 0. The Morgan fingerprint density at radius 2 is 1.78 bits per heavy atom. The fourth-order valence-electron chi connectivity index (χ4n) is 4.58. The molecule has 0 spiro atoms. The quantitative estimate of drug-likeness (QED) is 0.607. The molecule has 0 aliphatic carbocycles.